The lowest BCUT2D eigenvalue weighted by Gasteiger charge is -2.22. The highest BCUT2D eigenvalue weighted by molar-refractivity contribution is 5.91. The molecule has 0 saturated heterocycles. The van der Waals surface area contributed by atoms with Crippen molar-refractivity contribution in [2.75, 3.05) is 39.3 Å². The molecule has 0 aliphatic heterocycles. The van der Waals surface area contributed by atoms with Gasteiger partial charge in [-0.15, -0.1) is 0 Å². The molecule has 0 fully saturated rings. The Morgan fingerprint density at radius 1 is 1.30 bits per heavy atom. The van der Waals surface area contributed by atoms with Gasteiger partial charge in [0.25, 0.3) is 0 Å². The molecule has 4 nitrogen and oxygen atoms in total. The molecule has 0 aliphatic rings. The quantitative estimate of drug-likeness (QED) is 0.786. The van der Waals surface area contributed by atoms with E-state index in [2.05, 4.69) is 41.5 Å². The Morgan fingerprint density at radius 2 is 2.10 bits per heavy atom. The zero-order valence-corrected chi connectivity index (χ0v) is 12.5. The maximum absolute atomic E-state index is 5.13. The van der Waals surface area contributed by atoms with Crippen molar-refractivity contribution in [2.45, 2.75) is 13.0 Å². The van der Waals surface area contributed by atoms with E-state index >= 15 is 0 Å². The molecular weight excluding hydrogens is 250 g/mol. The van der Waals surface area contributed by atoms with E-state index in [1.165, 1.54) is 11.1 Å². The lowest BCUT2D eigenvalue weighted by atomic mass is 10.1. The van der Waals surface area contributed by atoms with Crippen molar-refractivity contribution in [1.82, 2.24) is 10.3 Å². The fourth-order valence-corrected chi connectivity index (χ4v) is 2.36. The predicted octanol–water partition coefficient (Wildman–Crippen LogP) is 2.43. The van der Waals surface area contributed by atoms with E-state index in [1.54, 1.807) is 7.11 Å². The lowest BCUT2D eigenvalue weighted by molar-refractivity contribution is 0.196. The maximum atomic E-state index is 5.13. The summed E-state index contributed by atoms with van der Waals surface area (Å²) in [6.07, 6.45) is 1.02. The molecule has 1 heterocycles. The second-order valence-electron chi connectivity index (χ2n) is 4.95. The van der Waals surface area contributed by atoms with Gasteiger partial charge in [-0.2, -0.15) is 0 Å². The van der Waals surface area contributed by atoms with Crippen LogP contribution in [0.15, 0.2) is 30.3 Å². The fraction of sp³-hybridized carbons (Fsp3) is 0.438. The zero-order chi connectivity index (χ0) is 14.4. The molecule has 108 valence electrons. The number of hydrogen-bond donors (Lipinski definition) is 1. The van der Waals surface area contributed by atoms with Crippen LogP contribution in [0.5, 0.6) is 0 Å². The summed E-state index contributed by atoms with van der Waals surface area (Å²) in [5, 5.41) is 4.37. The van der Waals surface area contributed by atoms with Crippen LogP contribution in [0.25, 0.3) is 10.9 Å². The van der Waals surface area contributed by atoms with Gasteiger partial charge in [0.15, 0.2) is 0 Å². The smallest absolute Gasteiger partial charge is 0.0726 e. The number of ether oxygens (including phenoxy) is 1. The summed E-state index contributed by atoms with van der Waals surface area (Å²) in [6.45, 7) is 2.54. The van der Waals surface area contributed by atoms with Crippen LogP contribution >= 0.6 is 0 Å². The van der Waals surface area contributed by atoms with Gasteiger partial charge in [0.05, 0.1) is 11.2 Å². The molecule has 0 aliphatic carbocycles. The van der Waals surface area contributed by atoms with Crippen LogP contribution < -0.4 is 10.2 Å². The average molecular weight is 273 g/mol. The summed E-state index contributed by atoms with van der Waals surface area (Å²) in [5.41, 5.74) is 3.35. The van der Waals surface area contributed by atoms with Gasteiger partial charge >= 0.3 is 0 Å². The Balaban J connectivity index is 2.33. The van der Waals surface area contributed by atoms with Crippen molar-refractivity contribution in [2.24, 2.45) is 0 Å². The number of nitrogens with zero attached hydrogens (tertiary/aromatic N) is 2. The molecule has 4 heteroatoms. The summed E-state index contributed by atoms with van der Waals surface area (Å²) < 4.78 is 5.13. The SMILES string of the molecule is CNCc1cc(N(C)CCCOC)c2ccccc2n1. The number of benzene rings is 1. The Kier molecular flexibility index (Phi) is 5.32. The van der Waals surface area contributed by atoms with Crippen LogP contribution in [-0.4, -0.2) is 39.3 Å². The van der Waals surface area contributed by atoms with Gasteiger partial charge < -0.3 is 15.0 Å². The van der Waals surface area contributed by atoms with Gasteiger partial charge in [0, 0.05) is 44.9 Å². The van der Waals surface area contributed by atoms with Crippen LogP contribution in [0.1, 0.15) is 12.1 Å². The second kappa shape index (κ2) is 7.22. The van der Waals surface area contributed by atoms with Crippen molar-refractivity contribution in [3.8, 4) is 0 Å². The standard InChI is InChI=1S/C16H23N3O/c1-17-12-13-11-16(19(2)9-6-10-20-3)14-7-4-5-8-15(14)18-13/h4-5,7-8,11,17H,6,9-10,12H2,1-3H3. The number of methoxy groups -OCH3 is 1. The Hall–Kier alpha value is -1.65. The largest absolute Gasteiger partial charge is 0.385 e. The van der Waals surface area contributed by atoms with Crippen molar-refractivity contribution in [3.05, 3.63) is 36.0 Å². The van der Waals surface area contributed by atoms with Crippen molar-refractivity contribution >= 4 is 16.6 Å². The normalized spacial score (nSPS) is 10.9. The third kappa shape index (κ3) is 3.46. The number of hydrogen-bond acceptors (Lipinski definition) is 4. The topological polar surface area (TPSA) is 37.4 Å². The highest BCUT2D eigenvalue weighted by Gasteiger charge is 2.09. The Bertz CT molecular complexity index is 556. The summed E-state index contributed by atoms with van der Waals surface area (Å²) in [4.78, 5) is 6.97. The molecule has 0 unspecified atom stereocenters. The van der Waals surface area contributed by atoms with Crippen LogP contribution in [-0.2, 0) is 11.3 Å². The van der Waals surface area contributed by atoms with Crippen molar-refractivity contribution in [3.63, 3.8) is 0 Å². The van der Waals surface area contributed by atoms with Crippen LogP contribution in [0.3, 0.4) is 0 Å². The Labute approximate surface area is 120 Å². The van der Waals surface area contributed by atoms with Crippen molar-refractivity contribution in [1.29, 1.82) is 0 Å². The number of aromatic nitrogens is 1. The van der Waals surface area contributed by atoms with E-state index in [0.717, 1.165) is 37.3 Å². The van der Waals surface area contributed by atoms with Crippen molar-refractivity contribution < 1.29 is 4.74 Å². The molecule has 0 bridgehead atoms. The highest BCUT2D eigenvalue weighted by Crippen LogP contribution is 2.26. The summed E-state index contributed by atoms with van der Waals surface area (Å²) in [5.74, 6) is 0. The predicted molar refractivity (Wildman–Crippen MR) is 84.3 cm³/mol. The third-order valence-corrected chi connectivity index (χ3v) is 3.36. The monoisotopic (exact) mass is 273 g/mol. The molecule has 0 spiro atoms. The first-order valence-electron chi connectivity index (χ1n) is 6.99. The minimum Gasteiger partial charge on any atom is -0.385 e. The second-order valence-corrected chi connectivity index (χ2v) is 4.95. The molecule has 1 N–H and O–H groups in total. The minimum atomic E-state index is 0.781. The first kappa shape index (κ1) is 14.8. The molecule has 2 rings (SSSR count). The number of pyridine rings is 1. The van der Waals surface area contributed by atoms with Gasteiger partial charge in [0.1, 0.15) is 0 Å². The highest BCUT2D eigenvalue weighted by atomic mass is 16.5. The van der Waals surface area contributed by atoms with Gasteiger partial charge in [-0.25, -0.2) is 0 Å². The van der Waals surface area contributed by atoms with Gasteiger partial charge in [-0.05, 0) is 25.6 Å². The molecule has 1 aromatic carbocycles. The molecule has 0 radical (unpaired) electrons. The van der Waals surface area contributed by atoms with E-state index in [0.29, 0.717) is 0 Å². The molecule has 0 atom stereocenters. The van der Waals surface area contributed by atoms with E-state index in [-0.39, 0.29) is 0 Å². The van der Waals surface area contributed by atoms with Gasteiger partial charge in [-0.1, -0.05) is 18.2 Å². The first-order valence-corrected chi connectivity index (χ1v) is 6.99. The number of rotatable bonds is 7. The lowest BCUT2D eigenvalue weighted by Crippen LogP contribution is -2.21. The van der Waals surface area contributed by atoms with Crippen LogP contribution in [0.2, 0.25) is 0 Å². The van der Waals surface area contributed by atoms with E-state index in [4.69, 9.17) is 9.72 Å². The summed E-state index contributed by atoms with van der Waals surface area (Å²) in [6, 6.07) is 10.5. The number of anilines is 1. The molecule has 1 aromatic heterocycles. The number of fused-ring (bicyclic) bond motifs is 1. The van der Waals surface area contributed by atoms with E-state index < -0.39 is 0 Å². The summed E-state index contributed by atoms with van der Waals surface area (Å²) >= 11 is 0. The van der Waals surface area contributed by atoms with E-state index in [9.17, 15) is 0 Å². The van der Waals surface area contributed by atoms with Gasteiger partial charge in [0.2, 0.25) is 0 Å². The first-order chi connectivity index (χ1) is 9.76. The van der Waals surface area contributed by atoms with E-state index in [1.807, 2.05) is 13.1 Å². The minimum absolute atomic E-state index is 0.781. The molecule has 2 aromatic rings. The number of para-hydroxylation sites is 1. The number of nitrogens with one attached hydrogen (secondary N) is 1. The van der Waals surface area contributed by atoms with Crippen LogP contribution in [0, 0.1) is 0 Å². The fourth-order valence-electron chi connectivity index (χ4n) is 2.36. The third-order valence-electron chi connectivity index (χ3n) is 3.36. The Morgan fingerprint density at radius 3 is 2.85 bits per heavy atom. The van der Waals surface area contributed by atoms with Crippen LogP contribution in [0.4, 0.5) is 5.69 Å². The molecule has 20 heavy (non-hydrogen) atoms. The average Bonchev–Trinajstić information content (AvgIpc) is 2.47. The molecule has 0 amide bonds. The maximum Gasteiger partial charge on any atom is 0.0726 e. The molecule has 0 saturated carbocycles. The zero-order valence-electron chi connectivity index (χ0n) is 12.5. The van der Waals surface area contributed by atoms with Gasteiger partial charge in [-0.3, -0.25) is 4.98 Å². The summed E-state index contributed by atoms with van der Waals surface area (Å²) in [7, 11) is 5.81. The molecular formula is C16H23N3O.